The Kier molecular flexibility index (Phi) is 7.38. The van der Waals surface area contributed by atoms with Crippen molar-refractivity contribution >= 4 is 23.7 Å². The number of pyridine rings is 1. The first-order valence-electron chi connectivity index (χ1n) is 13.1. The van der Waals surface area contributed by atoms with Gasteiger partial charge >= 0.3 is 17.9 Å². The molecule has 0 aliphatic heterocycles. The van der Waals surface area contributed by atoms with Crippen LogP contribution in [0.3, 0.4) is 0 Å². The van der Waals surface area contributed by atoms with E-state index < -0.39 is 53.0 Å². The summed E-state index contributed by atoms with van der Waals surface area (Å²) in [4.78, 5) is 54.9. The van der Waals surface area contributed by atoms with E-state index in [4.69, 9.17) is 14.2 Å². The summed E-state index contributed by atoms with van der Waals surface area (Å²) >= 11 is 0. The molecular weight excluding hydrogens is 486 g/mol. The average Bonchev–Trinajstić information content (AvgIpc) is 2.82. The third kappa shape index (κ3) is 4.93. The SMILES string of the molecule is C=C1[C@@H](OC(=O)c2cccnc2)CC[C@@]2(C)C[C@H](OC(C)=O)C3=C(C)C(=O)C[C@@H]([C@@H](OC(C)=O)[C@H]12)C3(C)C. The molecule has 0 amide bonds. The molecule has 0 N–H and O–H groups in total. The summed E-state index contributed by atoms with van der Waals surface area (Å²) in [6, 6.07) is 3.30. The number of carbonyl (C=O) groups excluding carboxylic acids is 4. The second-order valence-electron chi connectivity index (χ2n) is 11.8. The number of carbonyl (C=O) groups is 4. The van der Waals surface area contributed by atoms with Gasteiger partial charge in [0.2, 0.25) is 0 Å². The van der Waals surface area contributed by atoms with Crippen LogP contribution >= 0.6 is 0 Å². The molecule has 1 heterocycles. The van der Waals surface area contributed by atoms with Crippen LogP contribution in [-0.2, 0) is 28.6 Å². The van der Waals surface area contributed by atoms with Gasteiger partial charge in [0.25, 0.3) is 0 Å². The minimum atomic E-state index is -0.676. The van der Waals surface area contributed by atoms with E-state index in [9.17, 15) is 19.2 Å². The van der Waals surface area contributed by atoms with Gasteiger partial charge in [-0.05, 0) is 65.9 Å². The maximum atomic E-state index is 13.3. The van der Waals surface area contributed by atoms with Crippen LogP contribution in [0, 0.1) is 22.7 Å². The van der Waals surface area contributed by atoms with Crippen LogP contribution in [0.5, 0.6) is 0 Å². The molecule has 0 saturated heterocycles. The second-order valence-corrected chi connectivity index (χ2v) is 11.8. The average molecular weight is 524 g/mol. The fraction of sp³-hybridized carbons (Fsp3) is 0.567. The molecular formula is C30H37NO7. The third-order valence-electron chi connectivity index (χ3n) is 8.85. The maximum Gasteiger partial charge on any atom is 0.340 e. The number of allylic oxidation sites excluding steroid dienone is 1. The van der Waals surface area contributed by atoms with Crippen LogP contribution in [0.15, 0.2) is 47.8 Å². The minimum absolute atomic E-state index is 0.0526. The normalized spacial score (nSPS) is 32.4. The predicted octanol–water partition coefficient (Wildman–Crippen LogP) is 4.78. The van der Waals surface area contributed by atoms with Crippen molar-refractivity contribution in [3.05, 3.63) is 53.4 Å². The van der Waals surface area contributed by atoms with Gasteiger partial charge in [-0.1, -0.05) is 27.4 Å². The lowest BCUT2D eigenvalue weighted by atomic mass is 9.50. The van der Waals surface area contributed by atoms with Crippen molar-refractivity contribution in [2.75, 3.05) is 0 Å². The van der Waals surface area contributed by atoms with Crippen molar-refractivity contribution in [1.82, 2.24) is 4.98 Å². The Bertz CT molecular complexity index is 1200. The first-order chi connectivity index (χ1) is 17.8. The standard InChI is InChI=1S/C30H37NO7/c1-16-22(34)13-21-27(37-19(4)33)26-17(2)23(38-28(35)20-9-8-12-31-15-20)10-11-30(26,7)14-24(36-18(3)32)25(16)29(21,5)6/h8-9,12,15,21,23-24,26-27H,2,10-11,13-14H2,1,3-7H3/t21-,23-,24-,26-,27+,30-/m0/s1. The second kappa shape index (κ2) is 10.1. The summed E-state index contributed by atoms with van der Waals surface area (Å²) in [5.41, 5.74) is 1.26. The molecule has 4 rings (SSSR count). The highest BCUT2D eigenvalue weighted by Gasteiger charge is 2.59. The highest BCUT2D eigenvalue weighted by Crippen LogP contribution is 2.59. The number of hydrogen-bond donors (Lipinski definition) is 0. The molecule has 2 saturated carbocycles. The Morgan fingerprint density at radius 1 is 1.05 bits per heavy atom. The molecule has 1 aromatic rings. The van der Waals surface area contributed by atoms with Gasteiger partial charge in [-0.3, -0.25) is 19.4 Å². The Labute approximate surface area is 223 Å². The third-order valence-corrected chi connectivity index (χ3v) is 8.85. The van der Waals surface area contributed by atoms with Gasteiger partial charge in [-0.15, -0.1) is 0 Å². The highest BCUT2D eigenvalue weighted by atomic mass is 16.6. The zero-order valence-electron chi connectivity index (χ0n) is 23.0. The number of rotatable bonds is 4. The van der Waals surface area contributed by atoms with E-state index in [-0.39, 0.29) is 18.1 Å². The molecule has 6 atom stereocenters. The van der Waals surface area contributed by atoms with E-state index in [0.29, 0.717) is 36.0 Å². The van der Waals surface area contributed by atoms with E-state index in [1.54, 1.807) is 25.3 Å². The molecule has 2 fully saturated rings. The van der Waals surface area contributed by atoms with E-state index >= 15 is 0 Å². The predicted molar refractivity (Wildman–Crippen MR) is 139 cm³/mol. The summed E-state index contributed by atoms with van der Waals surface area (Å²) in [5, 5.41) is 0. The van der Waals surface area contributed by atoms with E-state index in [1.165, 1.54) is 20.0 Å². The first kappa shape index (κ1) is 27.7. The van der Waals surface area contributed by atoms with Crippen molar-refractivity contribution in [1.29, 1.82) is 0 Å². The monoisotopic (exact) mass is 523 g/mol. The lowest BCUT2D eigenvalue weighted by Gasteiger charge is -2.57. The van der Waals surface area contributed by atoms with Gasteiger partial charge < -0.3 is 14.2 Å². The van der Waals surface area contributed by atoms with E-state index in [1.807, 2.05) is 13.8 Å². The molecule has 0 aromatic carbocycles. The lowest BCUT2D eigenvalue weighted by Crippen LogP contribution is -2.58. The van der Waals surface area contributed by atoms with Crippen molar-refractivity contribution in [2.45, 2.75) is 85.5 Å². The molecule has 2 bridgehead atoms. The van der Waals surface area contributed by atoms with E-state index in [2.05, 4.69) is 18.5 Å². The van der Waals surface area contributed by atoms with Crippen molar-refractivity contribution in [3.63, 3.8) is 0 Å². The molecule has 1 aromatic heterocycles. The van der Waals surface area contributed by atoms with Crippen LogP contribution in [0.2, 0.25) is 0 Å². The fourth-order valence-electron chi connectivity index (χ4n) is 7.13. The van der Waals surface area contributed by atoms with E-state index in [0.717, 1.165) is 5.57 Å². The minimum Gasteiger partial charge on any atom is -0.462 e. The van der Waals surface area contributed by atoms with Crippen molar-refractivity contribution in [3.8, 4) is 0 Å². The first-order valence-corrected chi connectivity index (χ1v) is 13.1. The Morgan fingerprint density at radius 3 is 2.34 bits per heavy atom. The van der Waals surface area contributed by atoms with Crippen molar-refractivity contribution < 1.29 is 33.4 Å². The number of Topliss-reactive ketones (excluding diaryl/α,β-unsaturated/α-hetero) is 1. The summed E-state index contributed by atoms with van der Waals surface area (Å²) in [6.07, 6.45) is 2.88. The number of aromatic nitrogens is 1. The Balaban J connectivity index is 1.81. The van der Waals surface area contributed by atoms with Crippen LogP contribution in [-0.4, -0.2) is 47.0 Å². The Hall–Kier alpha value is -3.29. The molecule has 3 aliphatic carbocycles. The van der Waals surface area contributed by atoms with Gasteiger partial charge in [0.1, 0.15) is 18.3 Å². The fourth-order valence-corrected chi connectivity index (χ4v) is 7.13. The molecule has 38 heavy (non-hydrogen) atoms. The largest absolute Gasteiger partial charge is 0.462 e. The topological polar surface area (TPSA) is 109 Å². The van der Waals surface area contributed by atoms with Gasteiger partial charge in [-0.25, -0.2) is 4.79 Å². The summed E-state index contributed by atoms with van der Waals surface area (Å²) in [6.45, 7) is 15.0. The van der Waals surface area contributed by atoms with Crippen LogP contribution in [0.25, 0.3) is 0 Å². The molecule has 8 nitrogen and oxygen atoms in total. The summed E-state index contributed by atoms with van der Waals surface area (Å²) < 4.78 is 17.9. The zero-order valence-corrected chi connectivity index (χ0v) is 23.0. The zero-order chi connectivity index (χ0) is 28.0. The molecule has 0 unspecified atom stereocenters. The van der Waals surface area contributed by atoms with Crippen molar-refractivity contribution in [2.24, 2.45) is 22.7 Å². The number of nitrogens with zero attached hydrogens (tertiary/aromatic N) is 1. The highest BCUT2D eigenvalue weighted by molar-refractivity contribution is 5.97. The maximum absolute atomic E-state index is 13.3. The summed E-state index contributed by atoms with van der Waals surface area (Å²) in [5.74, 6) is -2.24. The van der Waals surface area contributed by atoms with Crippen LogP contribution in [0.4, 0.5) is 0 Å². The number of hydrogen-bond acceptors (Lipinski definition) is 8. The lowest BCUT2D eigenvalue weighted by molar-refractivity contribution is -0.169. The van der Waals surface area contributed by atoms with Crippen LogP contribution in [0.1, 0.15) is 77.6 Å². The van der Waals surface area contributed by atoms with Gasteiger partial charge in [-0.2, -0.15) is 0 Å². The van der Waals surface area contributed by atoms with Crippen LogP contribution < -0.4 is 0 Å². The Morgan fingerprint density at radius 2 is 1.74 bits per heavy atom. The molecule has 8 heteroatoms. The van der Waals surface area contributed by atoms with Gasteiger partial charge in [0.15, 0.2) is 5.78 Å². The molecule has 0 radical (unpaired) electrons. The molecule has 0 spiro atoms. The number of ketones is 1. The van der Waals surface area contributed by atoms with Gasteiger partial charge in [0, 0.05) is 44.5 Å². The smallest absolute Gasteiger partial charge is 0.340 e. The quantitative estimate of drug-likeness (QED) is 0.315. The molecule has 204 valence electrons. The summed E-state index contributed by atoms with van der Waals surface area (Å²) in [7, 11) is 0. The number of ether oxygens (including phenoxy) is 3. The molecule has 3 aliphatic rings. The van der Waals surface area contributed by atoms with Gasteiger partial charge in [0.05, 0.1) is 5.56 Å². The number of fused-ring (bicyclic) bond motifs is 3. The number of esters is 3.